The SMILES string of the molecule is CCN(CC1CCCN1)C1c2ccccc2OCC1C. The average molecular weight is 274 g/mol. The Morgan fingerprint density at radius 1 is 1.35 bits per heavy atom. The average Bonchev–Trinajstić information content (AvgIpc) is 2.98. The van der Waals surface area contributed by atoms with Crippen LogP contribution in [-0.4, -0.2) is 37.2 Å². The molecule has 1 N–H and O–H groups in total. The van der Waals surface area contributed by atoms with Crippen molar-refractivity contribution in [3.63, 3.8) is 0 Å². The van der Waals surface area contributed by atoms with E-state index >= 15 is 0 Å². The Morgan fingerprint density at radius 3 is 2.95 bits per heavy atom. The van der Waals surface area contributed by atoms with E-state index < -0.39 is 0 Å². The largest absolute Gasteiger partial charge is 0.493 e. The molecule has 3 unspecified atom stereocenters. The molecule has 0 saturated carbocycles. The molecule has 110 valence electrons. The van der Waals surface area contributed by atoms with Crippen LogP contribution >= 0.6 is 0 Å². The third-order valence-corrected chi connectivity index (χ3v) is 4.70. The number of hydrogen-bond donors (Lipinski definition) is 1. The van der Waals surface area contributed by atoms with Crippen LogP contribution in [0.1, 0.15) is 38.3 Å². The van der Waals surface area contributed by atoms with Gasteiger partial charge in [0.05, 0.1) is 6.61 Å². The summed E-state index contributed by atoms with van der Waals surface area (Å²) in [5.41, 5.74) is 1.37. The predicted molar refractivity (Wildman–Crippen MR) is 82.1 cm³/mol. The van der Waals surface area contributed by atoms with Gasteiger partial charge in [0, 0.05) is 30.1 Å². The van der Waals surface area contributed by atoms with Crippen molar-refractivity contribution in [2.75, 3.05) is 26.2 Å². The summed E-state index contributed by atoms with van der Waals surface area (Å²) in [7, 11) is 0. The van der Waals surface area contributed by atoms with Crippen LogP contribution in [0.3, 0.4) is 0 Å². The first-order valence-corrected chi connectivity index (χ1v) is 7.98. The van der Waals surface area contributed by atoms with Crippen molar-refractivity contribution in [3.05, 3.63) is 29.8 Å². The molecule has 1 fully saturated rings. The van der Waals surface area contributed by atoms with Gasteiger partial charge in [-0.3, -0.25) is 4.90 Å². The summed E-state index contributed by atoms with van der Waals surface area (Å²) in [5.74, 6) is 1.62. The van der Waals surface area contributed by atoms with Crippen molar-refractivity contribution in [1.82, 2.24) is 10.2 Å². The molecule has 0 aliphatic carbocycles. The number of fused-ring (bicyclic) bond motifs is 1. The van der Waals surface area contributed by atoms with Gasteiger partial charge in [-0.15, -0.1) is 0 Å². The Morgan fingerprint density at radius 2 is 2.20 bits per heavy atom. The minimum atomic E-state index is 0.493. The van der Waals surface area contributed by atoms with Crippen molar-refractivity contribution in [1.29, 1.82) is 0 Å². The topological polar surface area (TPSA) is 24.5 Å². The van der Waals surface area contributed by atoms with E-state index in [1.165, 1.54) is 24.9 Å². The fraction of sp³-hybridized carbons (Fsp3) is 0.647. The fourth-order valence-corrected chi connectivity index (χ4v) is 3.67. The lowest BCUT2D eigenvalue weighted by Gasteiger charge is -2.40. The molecular formula is C17H26N2O. The Hall–Kier alpha value is -1.06. The van der Waals surface area contributed by atoms with Gasteiger partial charge >= 0.3 is 0 Å². The molecule has 20 heavy (non-hydrogen) atoms. The van der Waals surface area contributed by atoms with Crippen LogP contribution in [0.2, 0.25) is 0 Å². The Kier molecular flexibility index (Phi) is 4.27. The van der Waals surface area contributed by atoms with Gasteiger partial charge in [0.15, 0.2) is 0 Å². The highest BCUT2D eigenvalue weighted by molar-refractivity contribution is 5.38. The summed E-state index contributed by atoms with van der Waals surface area (Å²) in [6.07, 6.45) is 2.64. The van der Waals surface area contributed by atoms with Gasteiger partial charge in [0.1, 0.15) is 5.75 Å². The van der Waals surface area contributed by atoms with Gasteiger partial charge < -0.3 is 10.1 Å². The predicted octanol–water partition coefficient (Wildman–Crippen LogP) is 2.83. The molecule has 3 heteroatoms. The third-order valence-electron chi connectivity index (χ3n) is 4.70. The lowest BCUT2D eigenvalue weighted by molar-refractivity contribution is 0.0874. The monoisotopic (exact) mass is 274 g/mol. The molecule has 0 spiro atoms. The van der Waals surface area contributed by atoms with Crippen LogP contribution in [0, 0.1) is 5.92 Å². The maximum absolute atomic E-state index is 5.89. The van der Waals surface area contributed by atoms with E-state index in [9.17, 15) is 0 Å². The number of nitrogens with one attached hydrogen (secondary N) is 1. The molecule has 2 heterocycles. The van der Waals surface area contributed by atoms with Gasteiger partial charge in [0.25, 0.3) is 0 Å². The van der Waals surface area contributed by atoms with Gasteiger partial charge in [-0.2, -0.15) is 0 Å². The maximum Gasteiger partial charge on any atom is 0.124 e. The summed E-state index contributed by atoms with van der Waals surface area (Å²) < 4.78 is 5.89. The zero-order chi connectivity index (χ0) is 13.9. The van der Waals surface area contributed by atoms with E-state index in [1.807, 2.05) is 0 Å². The quantitative estimate of drug-likeness (QED) is 0.913. The van der Waals surface area contributed by atoms with Crippen molar-refractivity contribution in [3.8, 4) is 5.75 Å². The molecule has 1 aromatic carbocycles. The van der Waals surface area contributed by atoms with Gasteiger partial charge in [-0.1, -0.05) is 32.0 Å². The van der Waals surface area contributed by atoms with Crippen LogP contribution in [-0.2, 0) is 0 Å². The highest BCUT2D eigenvalue weighted by Crippen LogP contribution is 2.39. The molecule has 2 aliphatic heterocycles. The fourth-order valence-electron chi connectivity index (χ4n) is 3.67. The molecule has 0 radical (unpaired) electrons. The van der Waals surface area contributed by atoms with E-state index in [0.29, 0.717) is 18.0 Å². The van der Waals surface area contributed by atoms with Gasteiger partial charge in [-0.25, -0.2) is 0 Å². The second-order valence-electron chi connectivity index (χ2n) is 6.15. The van der Waals surface area contributed by atoms with E-state index in [2.05, 4.69) is 48.3 Å². The number of para-hydroxylation sites is 1. The standard InChI is InChI=1S/C17H26N2O/c1-3-19(11-14-7-6-10-18-14)17-13(2)12-20-16-9-5-4-8-15(16)17/h4-5,8-9,13-14,17-18H,3,6-7,10-12H2,1-2H3. The van der Waals surface area contributed by atoms with E-state index in [0.717, 1.165) is 25.4 Å². The van der Waals surface area contributed by atoms with E-state index in [1.54, 1.807) is 0 Å². The lowest BCUT2D eigenvalue weighted by atomic mass is 9.90. The number of benzene rings is 1. The smallest absolute Gasteiger partial charge is 0.124 e. The summed E-state index contributed by atoms with van der Waals surface area (Å²) >= 11 is 0. The first kappa shape index (κ1) is 13.9. The number of likely N-dealkylation sites (N-methyl/N-ethyl adjacent to an activating group) is 1. The minimum Gasteiger partial charge on any atom is -0.493 e. The van der Waals surface area contributed by atoms with Crippen molar-refractivity contribution >= 4 is 0 Å². The van der Waals surface area contributed by atoms with Gasteiger partial charge in [0.2, 0.25) is 0 Å². The molecule has 1 aromatic rings. The molecule has 1 saturated heterocycles. The van der Waals surface area contributed by atoms with Crippen LogP contribution in [0.4, 0.5) is 0 Å². The zero-order valence-electron chi connectivity index (χ0n) is 12.6. The molecule has 0 bridgehead atoms. The van der Waals surface area contributed by atoms with E-state index in [-0.39, 0.29) is 0 Å². The highest BCUT2D eigenvalue weighted by Gasteiger charge is 2.33. The van der Waals surface area contributed by atoms with Gasteiger partial charge in [-0.05, 0) is 32.0 Å². The summed E-state index contributed by atoms with van der Waals surface area (Å²) in [6.45, 7) is 8.85. The lowest BCUT2D eigenvalue weighted by Crippen LogP contribution is -2.43. The first-order chi connectivity index (χ1) is 9.79. The van der Waals surface area contributed by atoms with Crippen LogP contribution < -0.4 is 10.1 Å². The van der Waals surface area contributed by atoms with Crippen LogP contribution in [0.25, 0.3) is 0 Å². The van der Waals surface area contributed by atoms with Crippen molar-refractivity contribution < 1.29 is 4.74 Å². The molecule has 0 amide bonds. The Balaban J connectivity index is 1.82. The Labute approximate surface area is 122 Å². The maximum atomic E-state index is 5.89. The number of nitrogens with zero attached hydrogens (tertiary/aromatic N) is 1. The number of hydrogen-bond acceptors (Lipinski definition) is 3. The summed E-state index contributed by atoms with van der Waals surface area (Å²) in [4.78, 5) is 2.63. The second-order valence-corrected chi connectivity index (χ2v) is 6.15. The Bertz CT molecular complexity index is 442. The summed E-state index contributed by atoms with van der Waals surface area (Å²) in [5, 5.41) is 3.63. The summed E-state index contributed by atoms with van der Waals surface area (Å²) in [6, 6.07) is 9.70. The number of ether oxygens (including phenoxy) is 1. The van der Waals surface area contributed by atoms with Crippen LogP contribution in [0.5, 0.6) is 5.75 Å². The van der Waals surface area contributed by atoms with Crippen molar-refractivity contribution in [2.24, 2.45) is 5.92 Å². The van der Waals surface area contributed by atoms with E-state index in [4.69, 9.17) is 4.74 Å². The normalized spacial score (nSPS) is 29.2. The zero-order valence-corrected chi connectivity index (χ0v) is 12.6. The molecule has 3 atom stereocenters. The third kappa shape index (κ3) is 2.70. The molecule has 3 rings (SSSR count). The van der Waals surface area contributed by atoms with Crippen LogP contribution in [0.15, 0.2) is 24.3 Å². The van der Waals surface area contributed by atoms with Crippen molar-refractivity contribution in [2.45, 2.75) is 38.8 Å². The molecule has 2 aliphatic rings. The minimum absolute atomic E-state index is 0.493. The second kappa shape index (κ2) is 6.15. The first-order valence-electron chi connectivity index (χ1n) is 7.98. The highest BCUT2D eigenvalue weighted by atomic mass is 16.5. The molecule has 0 aromatic heterocycles. The number of rotatable bonds is 4. The molecular weight excluding hydrogens is 248 g/mol. The molecule has 3 nitrogen and oxygen atoms in total.